The van der Waals surface area contributed by atoms with Gasteiger partial charge in [0.2, 0.25) is 11.8 Å². The Labute approximate surface area is 294 Å². The zero-order chi connectivity index (χ0) is 35.0. The molecular formula is C41H50N4O5. The Morgan fingerprint density at radius 2 is 1.52 bits per heavy atom. The number of nitrogens with one attached hydrogen (secondary N) is 4. The van der Waals surface area contributed by atoms with Crippen molar-refractivity contribution in [3.05, 3.63) is 124 Å². The van der Waals surface area contributed by atoms with Crippen LogP contribution in [0.15, 0.2) is 91.1 Å². The SMILES string of the molecule is O=C(C[C@@H](CCCCCc1ccc(OCc2ccccc2)cc1)C(=O)N[C@@H](Cc1c[nH]c2c1=CCCC=2)C(O)NCCc1ccccc1)NO. The van der Waals surface area contributed by atoms with Crippen LogP contribution in [0, 0.1) is 5.92 Å². The molecule has 9 nitrogen and oxygen atoms in total. The fraction of sp³-hybridized carbons (Fsp3) is 0.366. The van der Waals surface area contributed by atoms with Crippen molar-refractivity contribution in [2.75, 3.05) is 6.54 Å². The third kappa shape index (κ3) is 11.4. The standard InChI is InChI=1S/C41H50N4O5/c46-39(45-49)27-33(17-9-3-6-14-31-20-22-35(23-21-31)50-29-32-15-7-2-8-16-32)40(47)44-38(26-34-28-43-37-19-11-10-18-36(34)37)41(48)42-25-24-30-12-4-1-5-13-30/h1-2,4-5,7-8,12-13,15-16,18-23,28,33,38,41-43,48-49H,3,6,9-11,14,17,24-27,29H2,(H,44,47)(H,45,46)/t33-,38+,41?/m1/s1. The third-order valence-electron chi connectivity index (χ3n) is 9.28. The normalized spacial score (nSPS) is 14.0. The molecule has 264 valence electrons. The molecular weight excluding hydrogens is 628 g/mol. The number of aliphatic hydroxyl groups excluding tert-OH is 1. The highest BCUT2D eigenvalue weighted by Gasteiger charge is 2.28. The molecule has 4 aromatic rings. The van der Waals surface area contributed by atoms with Crippen LogP contribution in [0.5, 0.6) is 5.75 Å². The molecule has 0 fully saturated rings. The Kier molecular flexibility index (Phi) is 14.2. The molecule has 0 saturated heterocycles. The minimum atomic E-state index is -1.01. The average molecular weight is 679 g/mol. The number of ether oxygens (including phenoxy) is 1. The molecule has 5 rings (SSSR count). The topological polar surface area (TPSA) is 136 Å². The molecule has 1 aliphatic carbocycles. The van der Waals surface area contributed by atoms with E-state index in [-0.39, 0.29) is 12.3 Å². The summed E-state index contributed by atoms with van der Waals surface area (Å²) in [5.41, 5.74) is 6.19. The van der Waals surface area contributed by atoms with E-state index in [9.17, 15) is 19.9 Å². The van der Waals surface area contributed by atoms with E-state index in [0.717, 1.165) is 78.0 Å². The number of aromatic nitrogens is 1. The molecule has 1 aliphatic rings. The number of hydrogen-bond acceptors (Lipinski definition) is 6. The summed E-state index contributed by atoms with van der Waals surface area (Å²) < 4.78 is 5.90. The lowest BCUT2D eigenvalue weighted by molar-refractivity contribution is -0.135. The second kappa shape index (κ2) is 19.5. The van der Waals surface area contributed by atoms with Crippen LogP contribution in [0.25, 0.3) is 12.2 Å². The van der Waals surface area contributed by atoms with Gasteiger partial charge in [-0.1, -0.05) is 97.8 Å². The number of hydrogen-bond donors (Lipinski definition) is 6. The van der Waals surface area contributed by atoms with Crippen LogP contribution in [-0.2, 0) is 35.5 Å². The van der Waals surface area contributed by atoms with E-state index in [0.29, 0.717) is 26.0 Å². The van der Waals surface area contributed by atoms with E-state index >= 15 is 0 Å². The van der Waals surface area contributed by atoms with Crippen molar-refractivity contribution in [1.82, 2.24) is 21.1 Å². The summed E-state index contributed by atoms with van der Waals surface area (Å²) in [4.78, 5) is 29.3. The van der Waals surface area contributed by atoms with E-state index in [4.69, 9.17) is 4.74 Å². The first kappa shape index (κ1) is 36.6. The monoisotopic (exact) mass is 678 g/mol. The maximum Gasteiger partial charge on any atom is 0.244 e. The van der Waals surface area contributed by atoms with Gasteiger partial charge in [-0.15, -0.1) is 0 Å². The molecule has 0 aliphatic heterocycles. The number of benzene rings is 3. The van der Waals surface area contributed by atoms with Crippen LogP contribution in [0.1, 0.15) is 67.2 Å². The lowest BCUT2D eigenvalue weighted by Gasteiger charge is -2.27. The molecule has 0 radical (unpaired) electrons. The average Bonchev–Trinajstić information content (AvgIpc) is 3.56. The van der Waals surface area contributed by atoms with Crippen LogP contribution in [-0.4, -0.2) is 45.9 Å². The molecule has 1 heterocycles. The van der Waals surface area contributed by atoms with Crippen molar-refractivity contribution in [2.24, 2.45) is 5.92 Å². The highest BCUT2D eigenvalue weighted by atomic mass is 16.5. The lowest BCUT2D eigenvalue weighted by Crippen LogP contribution is -2.53. The van der Waals surface area contributed by atoms with Crippen LogP contribution < -0.4 is 31.4 Å². The Bertz CT molecular complexity index is 1740. The summed E-state index contributed by atoms with van der Waals surface area (Å²) >= 11 is 0. The number of aromatic amines is 1. The number of H-pyrrole nitrogens is 1. The number of fused-ring (bicyclic) bond motifs is 1. The van der Waals surface area contributed by atoms with Gasteiger partial charge >= 0.3 is 0 Å². The van der Waals surface area contributed by atoms with E-state index in [1.165, 1.54) is 5.56 Å². The summed E-state index contributed by atoms with van der Waals surface area (Å²) in [6, 6.07) is 27.6. The summed E-state index contributed by atoms with van der Waals surface area (Å²) in [7, 11) is 0. The number of rotatable bonds is 20. The van der Waals surface area contributed by atoms with Crippen molar-refractivity contribution in [1.29, 1.82) is 0 Å². The summed E-state index contributed by atoms with van der Waals surface area (Å²) in [6.45, 7) is 1.06. The van der Waals surface area contributed by atoms with Gasteiger partial charge in [-0.2, -0.15) is 0 Å². The molecule has 0 spiro atoms. The van der Waals surface area contributed by atoms with E-state index in [1.807, 2.05) is 79.0 Å². The van der Waals surface area contributed by atoms with E-state index in [2.05, 4.69) is 39.9 Å². The van der Waals surface area contributed by atoms with Crippen LogP contribution in [0.3, 0.4) is 0 Å². The lowest BCUT2D eigenvalue weighted by atomic mass is 9.94. The predicted molar refractivity (Wildman–Crippen MR) is 195 cm³/mol. The van der Waals surface area contributed by atoms with Gasteiger partial charge in [0, 0.05) is 30.4 Å². The second-order valence-corrected chi connectivity index (χ2v) is 13.0. The third-order valence-corrected chi connectivity index (χ3v) is 9.28. The van der Waals surface area contributed by atoms with Crippen LogP contribution in [0.2, 0.25) is 0 Å². The van der Waals surface area contributed by atoms with Gasteiger partial charge in [0.1, 0.15) is 18.6 Å². The number of amides is 2. The number of hydroxylamine groups is 1. The van der Waals surface area contributed by atoms with Crippen molar-refractivity contribution in [2.45, 2.75) is 83.1 Å². The molecule has 2 amide bonds. The minimum Gasteiger partial charge on any atom is -0.489 e. The van der Waals surface area contributed by atoms with Gasteiger partial charge in [-0.3, -0.25) is 20.1 Å². The predicted octanol–water partition coefficient (Wildman–Crippen LogP) is 4.44. The van der Waals surface area contributed by atoms with Gasteiger partial charge in [0.05, 0.1) is 6.04 Å². The molecule has 0 bridgehead atoms. The highest BCUT2D eigenvalue weighted by molar-refractivity contribution is 5.85. The van der Waals surface area contributed by atoms with Crippen molar-refractivity contribution < 1.29 is 24.6 Å². The number of carbonyl (C=O) groups excluding carboxylic acids is 2. The largest absolute Gasteiger partial charge is 0.489 e. The molecule has 50 heavy (non-hydrogen) atoms. The van der Waals surface area contributed by atoms with E-state index in [1.54, 1.807) is 5.48 Å². The highest BCUT2D eigenvalue weighted by Crippen LogP contribution is 2.19. The Hall–Kier alpha value is -4.70. The van der Waals surface area contributed by atoms with Crippen molar-refractivity contribution >= 4 is 24.0 Å². The maximum absolute atomic E-state index is 13.7. The first-order valence-electron chi connectivity index (χ1n) is 17.8. The first-order valence-corrected chi connectivity index (χ1v) is 17.8. The smallest absolute Gasteiger partial charge is 0.244 e. The Balaban J connectivity index is 1.14. The molecule has 1 unspecified atom stereocenters. The number of aryl methyl sites for hydroxylation is 1. The van der Waals surface area contributed by atoms with E-state index < -0.39 is 24.1 Å². The van der Waals surface area contributed by atoms with Gasteiger partial charge < -0.3 is 20.1 Å². The zero-order valence-corrected chi connectivity index (χ0v) is 28.7. The molecule has 3 aromatic carbocycles. The van der Waals surface area contributed by atoms with Crippen molar-refractivity contribution in [3.8, 4) is 5.75 Å². The zero-order valence-electron chi connectivity index (χ0n) is 28.7. The molecule has 0 saturated carbocycles. The fourth-order valence-electron chi connectivity index (χ4n) is 6.44. The van der Waals surface area contributed by atoms with Gasteiger partial charge in [-0.05, 0) is 84.6 Å². The molecule has 6 N–H and O–H groups in total. The van der Waals surface area contributed by atoms with Crippen molar-refractivity contribution in [3.63, 3.8) is 0 Å². The summed E-state index contributed by atoms with van der Waals surface area (Å²) in [5.74, 6) is -0.741. The van der Waals surface area contributed by atoms with Gasteiger partial charge in [0.15, 0.2) is 0 Å². The first-order chi connectivity index (χ1) is 24.5. The van der Waals surface area contributed by atoms with Crippen LogP contribution >= 0.6 is 0 Å². The molecule has 1 aromatic heterocycles. The minimum absolute atomic E-state index is 0.140. The number of unbranched alkanes of at least 4 members (excludes halogenated alkanes) is 2. The molecule has 3 atom stereocenters. The number of carbonyl (C=O) groups is 2. The Morgan fingerprint density at radius 3 is 2.26 bits per heavy atom. The summed E-state index contributed by atoms with van der Waals surface area (Å²) in [5, 5.41) is 29.0. The summed E-state index contributed by atoms with van der Waals surface area (Å²) in [6.07, 6.45) is 12.2. The second-order valence-electron chi connectivity index (χ2n) is 13.0. The fourth-order valence-corrected chi connectivity index (χ4v) is 6.44. The van der Waals surface area contributed by atoms with Gasteiger partial charge in [0.25, 0.3) is 0 Å². The Morgan fingerprint density at radius 1 is 0.820 bits per heavy atom. The number of aliphatic hydroxyl groups is 1. The molecule has 9 heteroatoms. The van der Waals surface area contributed by atoms with Crippen LogP contribution in [0.4, 0.5) is 0 Å². The van der Waals surface area contributed by atoms with Gasteiger partial charge in [-0.25, -0.2) is 5.48 Å². The maximum atomic E-state index is 13.7. The quantitative estimate of drug-likeness (QED) is 0.0354.